The standard InChI is InChI=1S/C12H25ClN2O/c1-4-14(5-2)6-7-15-9-11(3)16-12(8-13)10-15/h11-12H,4-10H2,1-3H3. The Kier molecular flexibility index (Phi) is 6.66. The van der Waals surface area contributed by atoms with E-state index in [1.165, 1.54) is 0 Å². The van der Waals surface area contributed by atoms with E-state index in [-0.39, 0.29) is 6.10 Å². The Bertz CT molecular complexity index is 188. The summed E-state index contributed by atoms with van der Waals surface area (Å²) in [6, 6.07) is 0. The Labute approximate surface area is 105 Å². The van der Waals surface area contributed by atoms with Gasteiger partial charge in [0.2, 0.25) is 0 Å². The molecule has 1 aliphatic heterocycles. The maximum Gasteiger partial charge on any atom is 0.0841 e. The molecule has 1 rings (SSSR count). The van der Waals surface area contributed by atoms with Crippen molar-refractivity contribution in [1.82, 2.24) is 9.80 Å². The predicted octanol–water partition coefficient (Wildman–Crippen LogP) is 1.66. The summed E-state index contributed by atoms with van der Waals surface area (Å²) >= 11 is 5.87. The highest BCUT2D eigenvalue weighted by molar-refractivity contribution is 6.18. The molecule has 0 saturated carbocycles. The summed E-state index contributed by atoms with van der Waals surface area (Å²) < 4.78 is 5.74. The summed E-state index contributed by atoms with van der Waals surface area (Å²) in [5.41, 5.74) is 0. The van der Waals surface area contributed by atoms with Gasteiger partial charge in [-0.05, 0) is 20.0 Å². The molecule has 0 radical (unpaired) electrons. The van der Waals surface area contributed by atoms with E-state index < -0.39 is 0 Å². The molecule has 16 heavy (non-hydrogen) atoms. The Hall–Kier alpha value is 0.170. The molecule has 2 unspecified atom stereocenters. The molecule has 0 amide bonds. The molecule has 0 aromatic rings. The van der Waals surface area contributed by atoms with Gasteiger partial charge in [0.25, 0.3) is 0 Å². The smallest absolute Gasteiger partial charge is 0.0841 e. The number of morpholine rings is 1. The molecule has 1 saturated heterocycles. The van der Waals surface area contributed by atoms with Crippen LogP contribution in [-0.2, 0) is 4.74 Å². The first kappa shape index (κ1) is 14.2. The third kappa shape index (κ3) is 4.58. The maximum atomic E-state index is 5.87. The number of alkyl halides is 1. The van der Waals surface area contributed by atoms with Crippen LogP contribution in [0.4, 0.5) is 0 Å². The molecule has 0 aromatic heterocycles. The van der Waals surface area contributed by atoms with Crippen molar-refractivity contribution < 1.29 is 4.74 Å². The van der Waals surface area contributed by atoms with Crippen LogP contribution in [0.3, 0.4) is 0 Å². The first-order chi connectivity index (χ1) is 7.69. The minimum absolute atomic E-state index is 0.210. The van der Waals surface area contributed by atoms with Gasteiger partial charge in [-0.3, -0.25) is 4.90 Å². The van der Waals surface area contributed by atoms with Crippen LogP contribution in [0, 0.1) is 0 Å². The van der Waals surface area contributed by atoms with E-state index >= 15 is 0 Å². The third-order valence-corrected chi connectivity index (χ3v) is 3.55. The topological polar surface area (TPSA) is 15.7 Å². The minimum atomic E-state index is 0.210. The molecule has 3 nitrogen and oxygen atoms in total. The summed E-state index contributed by atoms with van der Waals surface area (Å²) in [5, 5.41) is 0. The van der Waals surface area contributed by atoms with E-state index in [1.807, 2.05) is 0 Å². The zero-order valence-electron chi connectivity index (χ0n) is 10.8. The van der Waals surface area contributed by atoms with Crippen molar-refractivity contribution in [1.29, 1.82) is 0 Å². The van der Waals surface area contributed by atoms with Crippen molar-refractivity contribution in [2.75, 3.05) is 45.1 Å². The van der Waals surface area contributed by atoms with Crippen LogP contribution < -0.4 is 0 Å². The van der Waals surface area contributed by atoms with Crippen LogP contribution in [0.15, 0.2) is 0 Å². The fraction of sp³-hybridized carbons (Fsp3) is 1.00. The zero-order chi connectivity index (χ0) is 12.0. The number of hydrogen-bond donors (Lipinski definition) is 0. The van der Waals surface area contributed by atoms with Gasteiger partial charge in [0.1, 0.15) is 0 Å². The van der Waals surface area contributed by atoms with Crippen molar-refractivity contribution in [3.05, 3.63) is 0 Å². The lowest BCUT2D eigenvalue weighted by Crippen LogP contribution is -2.49. The summed E-state index contributed by atoms with van der Waals surface area (Å²) in [5.74, 6) is 0.603. The van der Waals surface area contributed by atoms with Gasteiger partial charge in [0.05, 0.1) is 12.2 Å². The summed E-state index contributed by atoms with van der Waals surface area (Å²) in [7, 11) is 0. The highest BCUT2D eigenvalue weighted by Gasteiger charge is 2.24. The van der Waals surface area contributed by atoms with E-state index in [1.54, 1.807) is 0 Å². The highest BCUT2D eigenvalue weighted by atomic mass is 35.5. The zero-order valence-corrected chi connectivity index (χ0v) is 11.5. The average molecular weight is 249 g/mol. The first-order valence-electron chi connectivity index (χ1n) is 6.35. The van der Waals surface area contributed by atoms with Crippen molar-refractivity contribution >= 4 is 11.6 Å². The van der Waals surface area contributed by atoms with Crippen LogP contribution in [0.1, 0.15) is 20.8 Å². The molecule has 0 aliphatic carbocycles. The summed E-state index contributed by atoms with van der Waals surface area (Å²) in [6.07, 6.45) is 0.524. The lowest BCUT2D eigenvalue weighted by molar-refractivity contribution is -0.0676. The number of likely N-dealkylation sites (N-methyl/N-ethyl adjacent to an activating group) is 1. The predicted molar refractivity (Wildman–Crippen MR) is 69.3 cm³/mol. The molecule has 0 spiro atoms. The van der Waals surface area contributed by atoms with Gasteiger partial charge in [-0.25, -0.2) is 0 Å². The second kappa shape index (κ2) is 7.49. The van der Waals surface area contributed by atoms with Gasteiger partial charge in [-0.2, -0.15) is 0 Å². The Morgan fingerprint density at radius 3 is 2.56 bits per heavy atom. The number of ether oxygens (including phenoxy) is 1. The van der Waals surface area contributed by atoms with E-state index in [2.05, 4.69) is 30.6 Å². The van der Waals surface area contributed by atoms with Crippen molar-refractivity contribution in [2.24, 2.45) is 0 Å². The molecular formula is C12H25ClN2O. The van der Waals surface area contributed by atoms with Crippen LogP contribution in [0.5, 0.6) is 0 Å². The lowest BCUT2D eigenvalue weighted by atomic mass is 10.2. The number of rotatable bonds is 6. The maximum absolute atomic E-state index is 5.87. The van der Waals surface area contributed by atoms with Crippen LogP contribution in [0.2, 0.25) is 0 Å². The quantitative estimate of drug-likeness (QED) is 0.665. The largest absolute Gasteiger partial charge is 0.371 e. The van der Waals surface area contributed by atoms with E-state index in [0.29, 0.717) is 12.0 Å². The molecule has 0 N–H and O–H groups in total. The average Bonchev–Trinajstić information content (AvgIpc) is 2.29. The van der Waals surface area contributed by atoms with E-state index in [9.17, 15) is 0 Å². The number of halogens is 1. The third-order valence-electron chi connectivity index (χ3n) is 3.20. The normalized spacial score (nSPS) is 27.6. The fourth-order valence-corrected chi connectivity index (χ4v) is 2.40. The van der Waals surface area contributed by atoms with E-state index in [0.717, 1.165) is 39.3 Å². The Morgan fingerprint density at radius 1 is 1.31 bits per heavy atom. The van der Waals surface area contributed by atoms with Gasteiger partial charge in [0, 0.05) is 32.1 Å². The number of nitrogens with zero attached hydrogens (tertiary/aromatic N) is 2. The molecule has 0 aromatic carbocycles. The van der Waals surface area contributed by atoms with Gasteiger partial charge in [-0.15, -0.1) is 11.6 Å². The minimum Gasteiger partial charge on any atom is -0.371 e. The molecule has 96 valence electrons. The van der Waals surface area contributed by atoms with Gasteiger partial charge < -0.3 is 9.64 Å². The lowest BCUT2D eigenvalue weighted by Gasteiger charge is -2.37. The van der Waals surface area contributed by atoms with Gasteiger partial charge in [-0.1, -0.05) is 13.8 Å². The summed E-state index contributed by atoms with van der Waals surface area (Å²) in [6.45, 7) is 13.1. The molecule has 1 heterocycles. The fourth-order valence-electron chi connectivity index (χ4n) is 2.23. The van der Waals surface area contributed by atoms with Crippen LogP contribution >= 0.6 is 11.6 Å². The van der Waals surface area contributed by atoms with Crippen LogP contribution in [0.25, 0.3) is 0 Å². The number of hydrogen-bond acceptors (Lipinski definition) is 3. The van der Waals surface area contributed by atoms with Gasteiger partial charge >= 0.3 is 0 Å². The molecule has 0 bridgehead atoms. The van der Waals surface area contributed by atoms with E-state index in [4.69, 9.17) is 16.3 Å². The van der Waals surface area contributed by atoms with Gasteiger partial charge in [0.15, 0.2) is 0 Å². The Morgan fingerprint density at radius 2 is 2.00 bits per heavy atom. The highest BCUT2D eigenvalue weighted by Crippen LogP contribution is 2.12. The SMILES string of the molecule is CCN(CC)CCN1CC(C)OC(CCl)C1. The molecular weight excluding hydrogens is 224 g/mol. The molecule has 4 heteroatoms. The monoisotopic (exact) mass is 248 g/mol. The van der Waals surface area contributed by atoms with Crippen molar-refractivity contribution in [2.45, 2.75) is 33.0 Å². The van der Waals surface area contributed by atoms with Crippen molar-refractivity contribution in [3.8, 4) is 0 Å². The molecule has 1 aliphatic rings. The first-order valence-corrected chi connectivity index (χ1v) is 6.89. The summed E-state index contributed by atoms with van der Waals surface area (Å²) in [4.78, 5) is 4.93. The molecule has 1 fully saturated rings. The second-order valence-corrected chi connectivity index (χ2v) is 4.82. The van der Waals surface area contributed by atoms with Crippen molar-refractivity contribution in [3.63, 3.8) is 0 Å². The second-order valence-electron chi connectivity index (χ2n) is 4.51. The molecule has 2 atom stereocenters. The van der Waals surface area contributed by atoms with Crippen LogP contribution in [-0.4, -0.2) is 67.2 Å². The Balaban J connectivity index is 2.30.